The number of rotatable bonds is 14. The molecule has 0 spiro atoms. The van der Waals surface area contributed by atoms with Gasteiger partial charge >= 0.3 is 0 Å². The van der Waals surface area contributed by atoms with Crippen molar-refractivity contribution >= 4 is 34.9 Å². The van der Waals surface area contributed by atoms with Crippen LogP contribution >= 0.6 is 0 Å². The first-order valence-corrected chi connectivity index (χ1v) is 17.5. The minimum absolute atomic E-state index is 0.475. The number of anilines is 6. The van der Waals surface area contributed by atoms with Crippen molar-refractivity contribution in [3.05, 3.63) is 48.0 Å². The summed E-state index contributed by atoms with van der Waals surface area (Å²) in [6.45, 7) is 9.48. The molecular weight excluding hydrogens is 664 g/mol. The van der Waals surface area contributed by atoms with Crippen LogP contribution in [0.1, 0.15) is 24.2 Å². The van der Waals surface area contributed by atoms with Crippen molar-refractivity contribution in [3.8, 4) is 23.3 Å². The predicted molar refractivity (Wildman–Crippen MR) is 203 cm³/mol. The van der Waals surface area contributed by atoms with Crippen LogP contribution in [0.15, 0.2) is 36.7 Å². The number of aromatic nitrogens is 6. The third-order valence-electron chi connectivity index (χ3n) is 8.68. The van der Waals surface area contributed by atoms with Gasteiger partial charge in [0.2, 0.25) is 11.9 Å². The van der Waals surface area contributed by atoms with Crippen LogP contribution in [0.25, 0.3) is 0 Å². The Hall–Kier alpha value is -5.22. The number of aryl methyl sites for hydroxylation is 2. The van der Waals surface area contributed by atoms with E-state index in [0.29, 0.717) is 60.2 Å². The maximum absolute atomic E-state index is 6.00. The van der Waals surface area contributed by atoms with Gasteiger partial charge in [0, 0.05) is 74.7 Å². The topological polar surface area (TPSA) is 169 Å². The SMILES string of the molecule is CNc1cc(C)nc(Nc2cnc(OC)c(OC[C@@H]3CCN(C)C3)c2)n1.CNc1cc(C)nc(Nc2cnc(OC)c(OC[C@H]3CCN(C)C3)c2)n1. The number of likely N-dealkylation sites (tertiary alicyclic amines) is 2. The lowest BCUT2D eigenvalue weighted by atomic mass is 10.1. The molecular formula is C36H52N12O4. The second-order valence-corrected chi connectivity index (χ2v) is 13.1. The molecule has 0 amide bonds. The van der Waals surface area contributed by atoms with Crippen molar-refractivity contribution in [2.75, 3.05) is 103 Å². The Morgan fingerprint density at radius 3 is 1.42 bits per heavy atom. The molecule has 0 radical (unpaired) electrons. The van der Waals surface area contributed by atoms with Gasteiger partial charge in [-0.15, -0.1) is 0 Å². The lowest BCUT2D eigenvalue weighted by Crippen LogP contribution is -2.18. The minimum Gasteiger partial charge on any atom is -0.488 e. The number of nitrogens with zero attached hydrogens (tertiary/aromatic N) is 8. The number of hydrogen-bond acceptors (Lipinski definition) is 16. The standard InChI is InChI=1S/2C18H26N6O2/c2*1-12-7-16(19-2)23-18(21-12)22-14-8-15(17(25-4)20-9-14)26-11-13-5-6-24(3)10-13/h2*7-9,13H,5-6,10-11H2,1-4H3,(H2,19,21,22,23)/t2*13-/m10/s1. The van der Waals surface area contributed by atoms with Crippen LogP contribution in [-0.2, 0) is 0 Å². The van der Waals surface area contributed by atoms with E-state index in [2.05, 4.69) is 75.1 Å². The molecule has 4 aromatic rings. The van der Waals surface area contributed by atoms with Gasteiger partial charge in [0.1, 0.15) is 11.6 Å². The molecule has 280 valence electrons. The maximum atomic E-state index is 6.00. The van der Waals surface area contributed by atoms with E-state index < -0.39 is 0 Å². The van der Waals surface area contributed by atoms with Gasteiger partial charge in [0.15, 0.2) is 11.5 Å². The third kappa shape index (κ3) is 10.9. The first kappa shape index (κ1) is 38.0. The lowest BCUT2D eigenvalue weighted by molar-refractivity contribution is 0.236. The molecule has 4 aromatic heterocycles. The van der Waals surface area contributed by atoms with Crippen molar-refractivity contribution in [2.45, 2.75) is 26.7 Å². The van der Waals surface area contributed by atoms with Crippen LogP contribution in [0.3, 0.4) is 0 Å². The van der Waals surface area contributed by atoms with E-state index in [1.807, 2.05) is 52.2 Å². The molecule has 52 heavy (non-hydrogen) atoms. The van der Waals surface area contributed by atoms with E-state index in [9.17, 15) is 0 Å². The lowest BCUT2D eigenvalue weighted by Gasteiger charge is -2.15. The quantitative estimate of drug-likeness (QED) is 0.143. The molecule has 16 heteroatoms. The number of methoxy groups -OCH3 is 2. The minimum atomic E-state index is 0.475. The van der Waals surface area contributed by atoms with Crippen LogP contribution in [0, 0.1) is 25.7 Å². The van der Waals surface area contributed by atoms with E-state index in [4.69, 9.17) is 18.9 Å². The fourth-order valence-corrected chi connectivity index (χ4v) is 6.02. The Morgan fingerprint density at radius 2 is 1.08 bits per heavy atom. The summed E-state index contributed by atoms with van der Waals surface area (Å²) in [5.41, 5.74) is 3.24. The fourth-order valence-electron chi connectivity index (χ4n) is 6.02. The first-order chi connectivity index (χ1) is 25.1. The Kier molecular flexibility index (Phi) is 13.4. The van der Waals surface area contributed by atoms with Crippen LogP contribution in [-0.4, -0.2) is 122 Å². The second-order valence-electron chi connectivity index (χ2n) is 13.1. The van der Waals surface area contributed by atoms with Gasteiger partial charge < -0.3 is 50.0 Å². The summed E-state index contributed by atoms with van der Waals surface area (Å²) in [6.07, 6.45) is 5.65. The highest BCUT2D eigenvalue weighted by Gasteiger charge is 2.22. The van der Waals surface area contributed by atoms with E-state index in [1.165, 1.54) is 0 Å². The number of ether oxygens (including phenoxy) is 4. The van der Waals surface area contributed by atoms with Gasteiger partial charge in [0.05, 0.1) is 51.2 Å². The van der Waals surface area contributed by atoms with E-state index in [1.54, 1.807) is 26.6 Å². The molecule has 4 N–H and O–H groups in total. The smallest absolute Gasteiger partial charge is 0.256 e. The zero-order chi connectivity index (χ0) is 37.0. The van der Waals surface area contributed by atoms with Crippen LogP contribution < -0.4 is 40.2 Å². The molecule has 6 heterocycles. The second kappa shape index (κ2) is 18.3. The van der Waals surface area contributed by atoms with Crippen LogP contribution in [0.5, 0.6) is 23.3 Å². The summed E-state index contributed by atoms with van der Waals surface area (Å²) in [6, 6.07) is 7.50. The maximum Gasteiger partial charge on any atom is 0.256 e. The highest BCUT2D eigenvalue weighted by Crippen LogP contribution is 2.31. The van der Waals surface area contributed by atoms with Gasteiger partial charge in [-0.2, -0.15) is 9.97 Å². The monoisotopic (exact) mass is 716 g/mol. The molecule has 2 aliphatic rings. The molecule has 2 saturated heterocycles. The van der Waals surface area contributed by atoms with Crippen molar-refractivity contribution < 1.29 is 18.9 Å². The van der Waals surface area contributed by atoms with Crippen molar-refractivity contribution in [1.29, 1.82) is 0 Å². The van der Waals surface area contributed by atoms with Crippen molar-refractivity contribution in [3.63, 3.8) is 0 Å². The number of pyridine rings is 2. The van der Waals surface area contributed by atoms with Gasteiger partial charge in [-0.3, -0.25) is 0 Å². The third-order valence-corrected chi connectivity index (χ3v) is 8.68. The summed E-state index contributed by atoms with van der Waals surface area (Å²) in [5.74, 6) is 5.76. The zero-order valence-corrected chi connectivity index (χ0v) is 31.5. The fraction of sp³-hybridized carbons (Fsp3) is 0.500. The summed E-state index contributed by atoms with van der Waals surface area (Å²) in [4.78, 5) is 30.9. The van der Waals surface area contributed by atoms with Gasteiger partial charge in [-0.05, 0) is 53.9 Å². The molecule has 16 nitrogen and oxygen atoms in total. The molecule has 2 atom stereocenters. The van der Waals surface area contributed by atoms with Crippen molar-refractivity contribution in [2.24, 2.45) is 11.8 Å². The van der Waals surface area contributed by atoms with Crippen LogP contribution in [0.4, 0.5) is 34.9 Å². The van der Waals surface area contributed by atoms with Gasteiger partial charge in [0.25, 0.3) is 11.8 Å². The molecule has 0 bridgehead atoms. The highest BCUT2D eigenvalue weighted by molar-refractivity contribution is 5.59. The average Bonchev–Trinajstić information content (AvgIpc) is 3.76. The summed E-state index contributed by atoms with van der Waals surface area (Å²) in [7, 11) is 11.1. The first-order valence-electron chi connectivity index (χ1n) is 17.5. The van der Waals surface area contributed by atoms with E-state index in [0.717, 1.165) is 73.4 Å². The molecule has 0 aromatic carbocycles. The Balaban J connectivity index is 0.000000201. The molecule has 0 aliphatic carbocycles. The summed E-state index contributed by atoms with van der Waals surface area (Å²) in [5, 5.41) is 12.4. The summed E-state index contributed by atoms with van der Waals surface area (Å²) >= 11 is 0. The predicted octanol–water partition coefficient (Wildman–Crippen LogP) is 4.61. The van der Waals surface area contributed by atoms with E-state index >= 15 is 0 Å². The number of hydrogen-bond donors (Lipinski definition) is 4. The van der Waals surface area contributed by atoms with E-state index in [-0.39, 0.29) is 0 Å². The van der Waals surface area contributed by atoms with Crippen LogP contribution in [0.2, 0.25) is 0 Å². The Morgan fingerprint density at radius 1 is 0.654 bits per heavy atom. The van der Waals surface area contributed by atoms with Gasteiger partial charge in [-0.25, -0.2) is 19.9 Å². The number of nitrogens with one attached hydrogen (secondary N) is 4. The molecule has 0 saturated carbocycles. The van der Waals surface area contributed by atoms with Crippen molar-refractivity contribution in [1.82, 2.24) is 39.7 Å². The Labute approximate surface area is 306 Å². The highest BCUT2D eigenvalue weighted by atomic mass is 16.5. The molecule has 2 fully saturated rings. The molecule has 0 unspecified atom stereocenters. The normalized spacial score (nSPS) is 17.2. The average molecular weight is 717 g/mol. The molecule has 2 aliphatic heterocycles. The molecule has 6 rings (SSSR count). The van der Waals surface area contributed by atoms with Gasteiger partial charge in [-0.1, -0.05) is 0 Å². The summed E-state index contributed by atoms with van der Waals surface area (Å²) < 4.78 is 22.7. The zero-order valence-electron chi connectivity index (χ0n) is 31.5. The Bertz CT molecular complexity index is 1640. The largest absolute Gasteiger partial charge is 0.488 e.